The van der Waals surface area contributed by atoms with E-state index in [0.29, 0.717) is 36.2 Å². The summed E-state index contributed by atoms with van der Waals surface area (Å²) in [5, 5.41) is 10.4. The molecule has 0 radical (unpaired) electrons. The summed E-state index contributed by atoms with van der Waals surface area (Å²) in [6, 6.07) is 11.9. The second-order valence-electron chi connectivity index (χ2n) is 5.99. The molecule has 5 heteroatoms. The first kappa shape index (κ1) is 14.6. The van der Waals surface area contributed by atoms with Crippen molar-refractivity contribution in [3.63, 3.8) is 0 Å². The van der Waals surface area contributed by atoms with Gasteiger partial charge in [0.05, 0.1) is 11.6 Å². The van der Waals surface area contributed by atoms with Crippen molar-refractivity contribution in [3.8, 4) is 0 Å². The first-order valence-electron chi connectivity index (χ1n) is 7.97. The summed E-state index contributed by atoms with van der Waals surface area (Å²) in [6.45, 7) is 0. The molecule has 2 heterocycles. The molecule has 1 aromatic carbocycles. The molecule has 5 nitrogen and oxygen atoms in total. The number of aliphatic hydroxyl groups excluding tert-OH is 1. The smallest absolute Gasteiger partial charge is 0.260 e. The lowest BCUT2D eigenvalue weighted by molar-refractivity contribution is -0.116. The molecule has 1 unspecified atom stereocenters. The van der Waals surface area contributed by atoms with Gasteiger partial charge in [-0.15, -0.1) is 0 Å². The summed E-state index contributed by atoms with van der Waals surface area (Å²) < 4.78 is 0. The third-order valence-electron chi connectivity index (χ3n) is 4.56. The lowest BCUT2D eigenvalue weighted by Gasteiger charge is -2.28. The summed E-state index contributed by atoms with van der Waals surface area (Å²) in [7, 11) is 0. The third kappa shape index (κ3) is 2.12. The molecule has 0 fully saturated rings. The molecule has 24 heavy (non-hydrogen) atoms. The highest BCUT2D eigenvalue weighted by Gasteiger charge is 2.43. The fraction of sp³-hybridized carbons (Fsp3) is 0.211. The molecule has 120 valence electrons. The van der Waals surface area contributed by atoms with Gasteiger partial charge in [-0.2, -0.15) is 0 Å². The second kappa shape index (κ2) is 5.60. The Labute approximate surface area is 139 Å². The minimum absolute atomic E-state index is 0.0849. The number of benzene rings is 1. The Bertz CT molecular complexity index is 858. The molecule has 4 rings (SSSR count). The van der Waals surface area contributed by atoms with E-state index in [2.05, 4.69) is 4.98 Å². The van der Waals surface area contributed by atoms with E-state index in [4.69, 9.17) is 0 Å². The van der Waals surface area contributed by atoms with Crippen LogP contribution in [0.5, 0.6) is 0 Å². The molecule has 2 aliphatic rings. The minimum Gasteiger partial charge on any atom is -0.512 e. The number of carbonyl (C=O) groups excluding carboxylic acids is 2. The quantitative estimate of drug-likeness (QED) is 0.921. The zero-order chi connectivity index (χ0) is 16.7. The molecule has 2 aromatic rings. The molecule has 1 N–H and O–H groups in total. The number of aliphatic hydroxyl groups is 1. The van der Waals surface area contributed by atoms with E-state index < -0.39 is 6.04 Å². The fourth-order valence-electron chi connectivity index (χ4n) is 3.49. The number of allylic oxidation sites excluding steroid dienone is 1. The highest BCUT2D eigenvalue weighted by atomic mass is 16.3. The fourth-order valence-corrected chi connectivity index (χ4v) is 3.49. The first-order valence-corrected chi connectivity index (χ1v) is 7.97. The zero-order valence-corrected chi connectivity index (χ0v) is 13.0. The topological polar surface area (TPSA) is 70.5 Å². The number of hydrogen-bond donors (Lipinski definition) is 1. The molecule has 0 bridgehead atoms. The number of aromatic nitrogens is 1. The Hall–Kier alpha value is -2.95. The van der Waals surface area contributed by atoms with Gasteiger partial charge in [0.2, 0.25) is 0 Å². The van der Waals surface area contributed by atoms with E-state index >= 15 is 0 Å². The second-order valence-corrected chi connectivity index (χ2v) is 5.99. The Morgan fingerprint density at radius 3 is 2.58 bits per heavy atom. The largest absolute Gasteiger partial charge is 0.512 e. The maximum atomic E-state index is 12.9. The van der Waals surface area contributed by atoms with Gasteiger partial charge in [0, 0.05) is 24.6 Å². The van der Waals surface area contributed by atoms with Gasteiger partial charge >= 0.3 is 0 Å². The number of carbonyl (C=O) groups is 2. The van der Waals surface area contributed by atoms with Crippen LogP contribution in [0.3, 0.4) is 0 Å². The Balaban J connectivity index is 1.93. The van der Waals surface area contributed by atoms with Gasteiger partial charge in [0.25, 0.3) is 5.91 Å². The average Bonchev–Trinajstić information content (AvgIpc) is 2.89. The summed E-state index contributed by atoms with van der Waals surface area (Å²) >= 11 is 0. The maximum absolute atomic E-state index is 12.9. The Kier molecular flexibility index (Phi) is 3.41. The number of anilines is 1. The lowest BCUT2D eigenvalue weighted by Crippen LogP contribution is -2.33. The van der Waals surface area contributed by atoms with Gasteiger partial charge in [-0.1, -0.05) is 24.3 Å². The van der Waals surface area contributed by atoms with E-state index in [1.165, 1.54) is 4.90 Å². The normalized spacial score (nSPS) is 20.5. The molecule has 1 atom stereocenters. The van der Waals surface area contributed by atoms with E-state index in [1.54, 1.807) is 36.5 Å². The average molecular weight is 320 g/mol. The van der Waals surface area contributed by atoms with Crippen LogP contribution in [0.2, 0.25) is 0 Å². The number of hydrogen-bond acceptors (Lipinski definition) is 4. The highest BCUT2D eigenvalue weighted by Crippen LogP contribution is 2.43. The maximum Gasteiger partial charge on any atom is 0.260 e. The molecule has 1 amide bonds. The predicted octanol–water partition coefficient (Wildman–Crippen LogP) is 3.35. The molecular weight excluding hydrogens is 304 g/mol. The van der Waals surface area contributed by atoms with Crippen molar-refractivity contribution in [2.45, 2.75) is 25.3 Å². The minimum atomic E-state index is -0.614. The molecule has 1 aliphatic heterocycles. The van der Waals surface area contributed by atoms with Crippen molar-refractivity contribution in [1.82, 2.24) is 4.98 Å². The van der Waals surface area contributed by atoms with E-state index in [1.807, 2.05) is 12.1 Å². The van der Waals surface area contributed by atoms with Crippen LogP contribution in [-0.4, -0.2) is 21.8 Å². The Morgan fingerprint density at radius 1 is 1.04 bits per heavy atom. The van der Waals surface area contributed by atoms with Crippen LogP contribution in [0, 0.1) is 0 Å². The standard InChI is InChI=1S/C19H16N2O3/c22-14-8-5-9-15(23)17(14)18-12-6-1-2-7-13(12)19(24)21(18)16-10-3-4-11-20-16/h1-4,6-7,10-11,18,22H,5,8-9H2. The monoisotopic (exact) mass is 320 g/mol. The van der Waals surface area contributed by atoms with Gasteiger partial charge in [-0.3, -0.25) is 14.5 Å². The van der Waals surface area contributed by atoms with Gasteiger partial charge < -0.3 is 5.11 Å². The summed E-state index contributed by atoms with van der Waals surface area (Å²) in [5.41, 5.74) is 1.61. The number of nitrogens with zero attached hydrogens (tertiary/aromatic N) is 2. The summed E-state index contributed by atoms with van der Waals surface area (Å²) in [5.74, 6) is 0.256. The van der Waals surface area contributed by atoms with Crippen molar-refractivity contribution in [3.05, 3.63) is 71.1 Å². The summed E-state index contributed by atoms with van der Waals surface area (Å²) in [6.07, 6.45) is 3.10. The van der Waals surface area contributed by atoms with Crippen molar-refractivity contribution < 1.29 is 14.7 Å². The molecule has 1 aromatic heterocycles. The third-order valence-corrected chi connectivity index (χ3v) is 4.56. The molecular formula is C19H16N2O3. The van der Waals surface area contributed by atoms with Gasteiger partial charge in [0.15, 0.2) is 5.78 Å². The summed E-state index contributed by atoms with van der Waals surface area (Å²) in [4.78, 5) is 31.2. The van der Waals surface area contributed by atoms with Crippen LogP contribution in [-0.2, 0) is 4.79 Å². The van der Waals surface area contributed by atoms with Crippen LogP contribution in [0.4, 0.5) is 5.82 Å². The number of ketones is 1. The van der Waals surface area contributed by atoms with Crippen molar-refractivity contribution >= 4 is 17.5 Å². The van der Waals surface area contributed by atoms with Crippen LogP contribution in [0.25, 0.3) is 0 Å². The van der Waals surface area contributed by atoms with Crippen LogP contribution in [0.15, 0.2) is 60.0 Å². The van der Waals surface area contributed by atoms with Crippen LogP contribution >= 0.6 is 0 Å². The molecule has 0 spiro atoms. The number of fused-ring (bicyclic) bond motifs is 1. The van der Waals surface area contributed by atoms with Crippen molar-refractivity contribution in [1.29, 1.82) is 0 Å². The molecule has 1 aliphatic carbocycles. The lowest BCUT2D eigenvalue weighted by atomic mass is 9.87. The SMILES string of the molecule is O=C1CCCC(O)=C1C1c2ccccc2C(=O)N1c1ccccn1. The molecule has 0 saturated heterocycles. The van der Waals surface area contributed by atoms with Crippen LogP contribution < -0.4 is 4.90 Å². The predicted molar refractivity (Wildman–Crippen MR) is 88.7 cm³/mol. The van der Waals surface area contributed by atoms with Crippen molar-refractivity contribution in [2.75, 3.05) is 4.90 Å². The number of amides is 1. The van der Waals surface area contributed by atoms with Crippen molar-refractivity contribution in [2.24, 2.45) is 0 Å². The molecule has 0 saturated carbocycles. The van der Waals surface area contributed by atoms with E-state index in [9.17, 15) is 14.7 Å². The zero-order valence-electron chi connectivity index (χ0n) is 13.0. The number of Topliss-reactive ketones (excluding diaryl/α,β-unsaturated/α-hetero) is 1. The highest BCUT2D eigenvalue weighted by molar-refractivity contribution is 6.13. The van der Waals surface area contributed by atoms with Gasteiger partial charge in [-0.25, -0.2) is 4.98 Å². The van der Waals surface area contributed by atoms with Gasteiger partial charge in [-0.05, 0) is 30.2 Å². The van der Waals surface area contributed by atoms with E-state index in [-0.39, 0.29) is 17.4 Å². The number of pyridine rings is 1. The number of rotatable bonds is 2. The van der Waals surface area contributed by atoms with Gasteiger partial charge in [0.1, 0.15) is 11.6 Å². The van der Waals surface area contributed by atoms with Crippen LogP contribution in [0.1, 0.15) is 41.2 Å². The first-order chi connectivity index (χ1) is 11.7. The van der Waals surface area contributed by atoms with E-state index in [0.717, 1.165) is 5.56 Å². The Morgan fingerprint density at radius 2 is 1.83 bits per heavy atom.